The van der Waals surface area contributed by atoms with E-state index in [1.54, 1.807) is 11.8 Å². The molecule has 1 aliphatic carbocycles. The normalized spacial score (nSPS) is 21.8. The maximum atomic E-state index is 5.47. The summed E-state index contributed by atoms with van der Waals surface area (Å²) in [6, 6.07) is 10.9. The molecule has 1 aromatic carbocycles. The van der Waals surface area contributed by atoms with Gasteiger partial charge in [-0.1, -0.05) is 30.0 Å². The van der Waals surface area contributed by atoms with Gasteiger partial charge in [-0.05, 0) is 49.9 Å². The first-order valence-electron chi connectivity index (χ1n) is 11.1. The second kappa shape index (κ2) is 8.74. The first-order chi connectivity index (χ1) is 15.7. The van der Waals surface area contributed by atoms with E-state index in [1.807, 2.05) is 24.7 Å². The van der Waals surface area contributed by atoms with Gasteiger partial charge < -0.3 is 13.9 Å². The van der Waals surface area contributed by atoms with E-state index in [0.717, 1.165) is 53.4 Å². The van der Waals surface area contributed by atoms with Gasteiger partial charge >= 0.3 is 0 Å². The largest absolute Gasteiger partial charge is 0.440 e. The molecule has 0 bridgehead atoms. The number of rotatable bonds is 7. The summed E-state index contributed by atoms with van der Waals surface area (Å²) in [7, 11) is 1.98. The van der Waals surface area contributed by atoms with Crippen LogP contribution in [0.2, 0.25) is 0 Å². The number of likely N-dealkylation sites (tertiary alicyclic amines) is 1. The van der Waals surface area contributed by atoms with E-state index >= 15 is 0 Å². The molecule has 4 heterocycles. The molecule has 2 aliphatic rings. The van der Waals surface area contributed by atoms with Crippen LogP contribution in [0.3, 0.4) is 0 Å². The third-order valence-corrected chi connectivity index (χ3v) is 8.14. The molecule has 0 radical (unpaired) electrons. The van der Waals surface area contributed by atoms with Crippen molar-refractivity contribution >= 4 is 35.1 Å². The molecule has 1 unspecified atom stereocenters. The Labute approximate surface area is 203 Å². The molecule has 1 aliphatic heterocycles. The summed E-state index contributed by atoms with van der Waals surface area (Å²) in [4.78, 5) is 11.4. The molecule has 1 saturated heterocycles. The van der Waals surface area contributed by atoms with Crippen molar-refractivity contribution in [3.63, 3.8) is 0 Å². The van der Waals surface area contributed by atoms with E-state index in [9.17, 15) is 0 Å². The van der Waals surface area contributed by atoms with Crippen LogP contribution in [0.25, 0.3) is 22.5 Å². The van der Waals surface area contributed by atoms with Gasteiger partial charge in [0.25, 0.3) is 0 Å². The zero-order valence-electron chi connectivity index (χ0n) is 18.8. The number of oxazole rings is 1. The molecule has 172 valence electrons. The zero-order chi connectivity index (χ0) is 21.7. The highest BCUT2D eigenvalue weighted by atomic mass is 35.5. The van der Waals surface area contributed by atoms with Gasteiger partial charge in [0, 0.05) is 42.9 Å². The Kier molecular flexibility index (Phi) is 5.93. The minimum atomic E-state index is 0. The molecule has 0 N–H and O–H groups in total. The number of aryl methyl sites for hydroxylation is 1. The summed E-state index contributed by atoms with van der Waals surface area (Å²) in [6.07, 6.45) is 5.79. The zero-order valence-corrected chi connectivity index (χ0v) is 20.4. The van der Waals surface area contributed by atoms with Crippen molar-refractivity contribution in [1.82, 2.24) is 29.6 Å². The van der Waals surface area contributed by atoms with Crippen molar-refractivity contribution in [3.8, 4) is 11.6 Å². The summed E-state index contributed by atoms with van der Waals surface area (Å²) in [5, 5.41) is 10.9. The van der Waals surface area contributed by atoms with E-state index in [0.29, 0.717) is 11.2 Å². The fourth-order valence-corrected chi connectivity index (χ4v) is 6.15. The topological polar surface area (TPSA) is 72.9 Å². The molecule has 4 aromatic rings. The Morgan fingerprint density at radius 1 is 1.18 bits per heavy atom. The third-order valence-electron chi connectivity index (χ3n) is 7.03. The molecule has 33 heavy (non-hydrogen) atoms. The molecule has 0 amide bonds. The molecule has 3 aromatic heterocycles. The highest BCUT2D eigenvalue weighted by Gasteiger charge is 2.60. The first kappa shape index (κ1) is 22.4. The minimum Gasteiger partial charge on any atom is -0.440 e. The first-order valence-corrected chi connectivity index (χ1v) is 12.1. The van der Waals surface area contributed by atoms with Crippen LogP contribution in [-0.4, -0.2) is 55.0 Å². The Bertz CT molecular complexity index is 1280. The number of piperidine rings is 1. The fraction of sp³-hybridized carbons (Fsp3) is 0.417. The molecule has 2 atom stereocenters. The summed E-state index contributed by atoms with van der Waals surface area (Å²) < 4.78 is 7.46. The van der Waals surface area contributed by atoms with Crippen molar-refractivity contribution in [2.24, 2.45) is 13.0 Å². The molecule has 7 nitrogen and oxygen atoms in total. The second-order valence-electron chi connectivity index (χ2n) is 9.00. The minimum absolute atomic E-state index is 0. The lowest BCUT2D eigenvalue weighted by Crippen LogP contribution is -2.28. The van der Waals surface area contributed by atoms with Gasteiger partial charge in [0.15, 0.2) is 17.3 Å². The number of hydrogen-bond donors (Lipinski definition) is 0. The quantitative estimate of drug-likeness (QED) is 0.283. The molecular formula is C24H27ClN6OS. The van der Waals surface area contributed by atoms with Gasteiger partial charge in [0.2, 0.25) is 5.82 Å². The average Bonchev–Trinajstić information content (AvgIpc) is 3.10. The van der Waals surface area contributed by atoms with Crippen LogP contribution < -0.4 is 0 Å². The van der Waals surface area contributed by atoms with Gasteiger partial charge in [-0.2, -0.15) is 0 Å². The van der Waals surface area contributed by atoms with Gasteiger partial charge in [0.1, 0.15) is 0 Å². The van der Waals surface area contributed by atoms with Crippen molar-refractivity contribution in [3.05, 3.63) is 54.2 Å². The number of benzene rings is 1. The highest BCUT2D eigenvalue weighted by molar-refractivity contribution is 7.99. The van der Waals surface area contributed by atoms with E-state index in [2.05, 4.69) is 55.4 Å². The molecular weight excluding hydrogens is 456 g/mol. The molecule has 9 heteroatoms. The van der Waals surface area contributed by atoms with Crippen LogP contribution in [0.5, 0.6) is 0 Å². The number of aromatic nitrogens is 5. The van der Waals surface area contributed by atoms with E-state index in [-0.39, 0.29) is 12.4 Å². The van der Waals surface area contributed by atoms with Crippen molar-refractivity contribution < 1.29 is 4.42 Å². The lowest BCUT2D eigenvalue weighted by atomic mass is 9.91. The standard InChI is InChI=1S/C24H26N6OS.ClH/c1-16-21(31-15-26-16)22-27-28-23(29(22)2)32-11-5-10-30-13-17-12-24(17,14-30)19-7-3-8-20-18(19)6-4-9-25-20;/h3-4,6-9,15,17H,5,10-14H2,1-2H3;1H/t17-,24?;/m1./s1. The van der Waals surface area contributed by atoms with Crippen LogP contribution >= 0.6 is 24.2 Å². The molecule has 6 rings (SSSR count). The Morgan fingerprint density at radius 3 is 2.94 bits per heavy atom. The van der Waals surface area contributed by atoms with Crippen LogP contribution in [0, 0.1) is 12.8 Å². The summed E-state index contributed by atoms with van der Waals surface area (Å²) in [6.45, 7) is 5.41. The highest BCUT2D eigenvalue weighted by Crippen LogP contribution is 2.60. The van der Waals surface area contributed by atoms with Crippen molar-refractivity contribution in [1.29, 1.82) is 0 Å². The summed E-state index contributed by atoms with van der Waals surface area (Å²) >= 11 is 1.76. The predicted octanol–water partition coefficient (Wildman–Crippen LogP) is 4.50. The van der Waals surface area contributed by atoms with Crippen LogP contribution in [0.15, 0.2) is 52.5 Å². The van der Waals surface area contributed by atoms with Crippen molar-refractivity contribution in [2.45, 2.75) is 30.3 Å². The van der Waals surface area contributed by atoms with E-state index in [1.165, 1.54) is 30.3 Å². The van der Waals surface area contributed by atoms with Gasteiger partial charge in [-0.3, -0.25) is 4.98 Å². The van der Waals surface area contributed by atoms with Gasteiger partial charge in [-0.15, -0.1) is 22.6 Å². The Hall–Kier alpha value is -2.42. The van der Waals surface area contributed by atoms with E-state index < -0.39 is 0 Å². The number of hydrogen-bond acceptors (Lipinski definition) is 7. The number of nitrogens with zero attached hydrogens (tertiary/aromatic N) is 6. The summed E-state index contributed by atoms with van der Waals surface area (Å²) in [5.41, 5.74) is 3.78. The Balaban J connectivity index is 0.00000228. The number of thioether (sulfide) groups is 1. The smallest absolute Gasteiger partial charge is 0.202 e. The Morgan fingerprint density at radius 2 is 2.09 bits per heavy atom. The second-order valence-corrected chi connectivity index (χ2v) is 10.1. The van der Waals surface area contributed by atoms with Crippen molar-refractivity contribution in [2.75, 3.05) is 25.4 Å². The lowest BCUT2D eigenvalue weighted by Gasteiger charge is -2.21. The lowest BCUT2D eigenvalue weighted by molar-refractivity contribution is 0.300. The fourth-order valence-electron chi connectivity index (χ4n) is 5.32. The molecule has 1 saturated carbocycles. The average molecular weight is 483 g/mol. The van der Waals surface area contributed by atoms with Gasteiger partial charge in [0.05, 0.1) is 11.2 Å². The number of pyridine rings is 1. The van der Waals surface area contributed by atoms with Gasteiger partial charge in [-0.25, -0.2) is 4.98 Å². The van der Waals surface area contributed by atoms with Crippen LogP contribution in [0.4, 0.5) is 0 Å². The van der Waals surface area contributed by atoms with Crippen LogP contribution in [-0.2, 0) is 12.5 Å². The van der Waals surface area contributed by atoms with Crippen LogP contribution in [0.1, 0.15) is 24.1 Å². The SMILES string of the molecule is Cc1ncoc1-c1nnc(SCCCN2C[C@H]3CC3(c3cccc4ncccc34)C2)n1C.Cl. The monoisotopic (exact) mass is 482 g/mol. The number of halogens is 1. The number of fused-ring (bicyclic) bond motifs is 2. The van der Waals surface area contributed by atoms with E-state index in [4.69, 9.17) is 4.42 Å². The molecule has 2 fully saturated rings. The maximum absolute atomic E-state index is 5.47. The molecule has 0 spiro atoms. The third kappa shape index (κ3) is 3.84. The summed E-state index contributed by atoms with van der Waals surface area (Å²) in [5.74, 6) is 3.23. The predicted molar refractivity (Wildman–Crippen MR) is 132 cm³/mol. The maximum Gasteiger partial charge on any atom is 0.202 e.